The molecule has 3 rings (SSSR count). The molecule has 0 saturated heterocycles. The fourth-order valence-electron chi connectivity index (χ4n) is 2.82. The number of aromatic nitrogens is 2. The Morgan fingerprint density at radius 1 is 1.10 bits per heavy atom. The number of H-pyrrole nitrogens is 1. The van der Waals surface area contributed by atoms with E-state index in [0.29, 0.717) is 41.1 Å². The second-order valence-electron chi connectivity index (χ2n) is 6.80. The Balaban J connectivity index is 1.50. The first kappa shape index (κ1) is 20.9. The second kappa shape index (κ2) is 9.13. The number of fused-ring (bicyclic) bond motifs is 1. The van der Waals surface area contributed by atoms with Gasteiger partial charge in [0.1, 0.15) is 11.6 Å². The van der Waals surface area contributed by atoms with Crippen LogP contribution in [0.4, 0.5) is 10.1 Å². The standard InChI is InChI=1S/C22H21FN4O3/c1-13(11-21(29)25-17-6-3-15(4-7-17)14(2)28)22(30)24-10-9-20-26-18-8-5-16(23)12-19(18)27-20/h3-8,11-12H,9-10H2,1-2H3,(H,24,30)(H,25,29)(H,26,27)/b13-11+. The smallest absolute Gasteiger partial charge is 0.248 e. The van der Waals surface area contributed by atoms with Crippen LogP contribution in [0.25, 0.3) is 11.0 Å². The van der Waals surface area contributed by atoms with E-state index in [0.717, 1.165) is 0 Å². The highest BCUT2D eigenvalue weighted by molar-refractivity contribution is 6.06. The molecule has 2 amide bonds. The van der Waals surface area contributed by atoms with Gasteiger partial charge in [-0.2, -0.15) is 0 Å². The molecular weight excluding hydrogens is 387 g/mol. The number of nitrogens with one attached hydrogen (secondary N) is 3. The monoisotopic (exact) mass is 408 g/mol. The zero-order valence-corrected chi connectivity index (χ0v) is 16.6. The lowest BCUT2D eigenvalue weighted by atomic mass is 10.1. The van der Waals surface area contributed by atoms with E-state index in [4.69, 9.17) is 0 Å². The lowest BCUT2D eigenvalue weighted by molar-refractivity contribution is -0.118. The van der Waals surface area contributed by atoms with Gasteiger partial charge in [-0.15, -0.1) is 0 Å². The molecule has 30 heavy (non-hydrogen) atoms. The number of aromatic amines is 1. The number of rotatable bonds is 7. The number of ketones is 1. The van der Waals surface area contributed by atoms with Gasteiger partial charge in [-0.1, -0.05) is 0 Å². The molecule has 0 aliphatic rings. The normalized spacial score (nSPS) is 11.4. The molecule has 0 atom stereocenters. The topological polar surface area (TPSA) is 104 Å². The molecule has 3 aromatic rings. The number of hydrogen-bond acceptors (Lipinski definition) is 4. The maximum absolute atomic E-state index is 13.2. The first-order valence-corrected chi connectivity index (χ1v) is 9.34. The number of hydrogen-bond donors (Lipinski definition) is 3. The highest BCUT2D eigenvalue weighted by Crippen LogP contribution is 2.13. The number of carbonyl (C=O) groups is 3. The Morgan fingerprint density at radius 3 is 2.53 bits per heavy atom. The quantitative estimate of drug-likeness (QED) is 0.413. The minimum atomic E-state index is -0.447. The Labute approximate surface area is 172 Å². The molecule has 0 aliphatic carbocycles. The number of benzene rings is 2. The molecule has 3 N–H and O–H groups in total. The van der Waals surface area contributed by atoms with Crippen LogP contribution in [0.1, 0.15) is 30.0 Å². The fraction of sp³-hybridized carbons (Fsp3) is 0.182. The van der Waals surface area contributed by atoms with Crippen molar-refractivity contribution in [2.24, 2.45) is 0 Å². The maximum Gasteiger partial charge on any atom is 0.248 e. The lowest BCUT2D eigenvalue weighted by Crippen LogP contribution is -2.27. The van der Waals surface area contributed by atoms with Crippen molar-refractivity contribution < 1.29 is 18.8 Å². The van der Waals surface area contributed by atoms with Gasteiger partial charge in [-0.05, 0) is 56.3 Å². The number of carbonyl (C=O) groups excluding carboxylic acids is 3. The molecule has 0 unspecified atom stereocenters. The minimum absolute atomic E-state index is 0.0601. The van der Waals surface area contributed by atoms with Crippen LogP contribution in [-0.4, -0.2) is 34.1 Å². The Kier molecular flexibility index (Phi) is 6.36. The molecule has 0 fully saturated rings. The fourth-order valence-corrected chi connectivity index (χ4v) is 2.82. The number of imidazole rings is 1. The first-order chi connectivity index (χ1) is 14.3. The van der Waals surface area contributed by atoms with Gasteiger partial charge in [0.15, 0.2) is 5.78 Å². The number of anilines is 1. The molecule has 1 heterocycles. The van der Waals surface area contributed by atoms with E-state index in [1.807, 2.05) is 0 Å². The van der Waals surface area contributed by atoms with E-state index in [9.17, 15) is 18.8 Å². The number of nitrogens with zero attached hydrogens (tertiary/aromatic N) is 1. The lowest BCUT2D eigenvalue weighted by Gasteiger charge is -2.06. The summed E-state index contributed by atoms with van der Waals surface area (Å²) in [4.78, 5) is 42.9. The largest absolute Gasteiger partial charge is 0.352 e. The summed E-state index contributed by atoms with van der Waals surface area (Å²) in [5.41, 5.74) is 2.58. The van der Waals surface area contributed by atoms with E-state index in [1.54, 1.807) is 30.3 Å². The summed E-state index contributed by atoms with van der Waals surface area (Å²) in [5, 5.41) is 5.36. The molecule has 8 heteroatoms. The zero-order valence-electron chi connectivity index (χ0n) is 16.6. The van der Waals surface area contributed by atoms with Gasteiger partial charge in [0.2, 0.25) is 11.8 Å². The average molecular weight is 408 g/mol. The number of Topliss-reactive ketones (excluding diaryl/α,β-unsaturated/α-hetero) is 1. The maximum atomic E-state index is 13.2. The van der Waals surface area contributed by atoms with Gasteiger partial charge in [0.05, 0.1) is 11.0 Å². The summed E-state index contributed by atoms with van der Waals surface area (Å²) < 4.78 is 13.2. The van der Waals surface area contributed by atoms with Gasteiger partial charge in [0.25, 0.3) is 0 Å². The van der Waals surface area contributed by atoms with Crippen molar-refractivity contribution in [2.75, 3.05) is 11.9 Å². The predicted molar refractivity (Wildman–Crippen MR) is 112 cm³/mol. The summed E-state index contributed by atoms with van der Waals surface area (Å²) in [5.74, 6) is -0.601. The van der Waals surface area contributed by atoms with E-state index in [-0.39, 0.29) is 23.1 Å². The van der Waals surface area contributed by atoms with Crippen LogP contribution < -0.4 is 10.6 Å². The van der Waals surface area contributed by atoms with Crippen LogP contribution in [0.3, 0.4) is 0 Å². The third-order valence-electron chi connectivity index (χ3n) is 4.41. The highest BCUT2D eigenvalue weighted by Gasteiger charge is 2.09. The molecule has 0 bridgehead atoms. The highest BCUT2D eigenvalue weighted by atomic mass is 19.1. The van der Waals surface area contributed by atoms with Crippen molar-refractivity contribution in [3.8, 4) is 0 Å². The summed E-state index contributed by atoms with van der Waals surface area (Å²) in [6.45, 7) is 3.31. The molecule has 0 aliphatic heterocycles. The van der Waals surface area contributed by atoms with Gasteiger partial charge >= 0.3 is 0 Å². The Morgan fingerprint density at radius 2 is 1.83 bits per heavy atom. The SMILES string of the molecule is CC(=O)c1ccc(NC(=O)/C=C(\C)C(=O)NCCc2nc3ccc(F)cc3[nH]2)cc1. The Bertz CT molecular complexity index is 1130. The van der Waals surface area contributed by atoms with Crippen molar-refractivity contribution in [1.29, 1.82) is 0 Å². The summed E-state index contributed by atoms with van der Waals surface area (Å²) in [6.07, 6.45) is 1.64. The molecular formula is C22H21FN4O3. The van der Waals surface area contributed by atoms with E-state index in [2.05, 4.69) is 20.6 Å². The predicted octanol–water partition coefficient (Wildman–Crippen LogP) is 3.15. The van der Waals surface area contributed by atoms with Crippen molar-refractivity contribution in [2.45, 2.75) is 20.3 Å². The molecule has 2 aromatic carbocycles. The van der Waals surface area contributed by atoms with E-state index >= 15 is 0 Å². The van der Waals surface area contributed by atoms with Gasteiger partial charge < -0.3 is 15.6 Å². The van der Waals surface area contributed by atoms with Crippen molar-refractivity contribution in [1.82, 2.24) is 15.3 Å². The minimum Gasteiger partial charge on any atom is -0.352 e. The van der Waals surface area contributed by atoms with E-state index in [1.165, 1.54) is 32.1 Å². The molecule has 0 saturated carbocycles. The van der Waals surface area contributed by atoms with Gasteiger partial charge in [-0.25, -0.2) is 9.37 Å². The molecule has 0 spiro atoms. The van der Waals surface area contributed by atoms with E-state index < -0.39 is 5.91 Å². The van der Waals surface area contributed by atoms with Crippen LogP contribution in [0.15, 0.2) is 54.1 Å². The van der Waals surface area contributed by atoms with Crippen molar-refractivity contribution >= 4 is 34.3 Å². The van der Waals surface area contributed by atoms with Crippen LogP contribution in [0, 0.1) is 5.82 Å². The van der Waals surface area contributed by atoms with Crippen LogP contribution in [0.2, 0.25) is 0 Å². The molecule has 154 valence electrons. The molecule has 7 nitrogen and oxygen atoms in total. The first-order valence-electron chi connectivity index (χ1n) is 9.34. The average Bonchev–Trinajstić information content (AvgIpc) is 3.09. The second-order valence-corrected chi connectivity index (χ2v) is 6.80. The van der Waals surface area contributed by atoms with Crippen molar-refractivity contribution in [3.05, 3.63) is 71.3 Å². The third-order valence-corrected chi connectivity index (χ3v) is 4.41. The summed E-state index contributed by atoms with van der Waals surface area (Å²) >= 11 is 0. The molecule has 1 aromatic heterocycles. The Hall–Kier alpha value is -3.81. The van der Waals surface area contributed by atoms with Gasteiger partial charge in [-0.3, -0.25) is 14.4 Å². The number of halogens is 1. The molecule has 0 radical (unpaired) electrons. The van der Waals surface area contributed by atoms with Crippen molar-refractivity contribution in [3.63, 3.8) is 0 Å². The number of amides is 2. The van der Waals surface area contributed by atoms with Crippen LogP contribution in [-0.2, 0) is 16.0 Å². The zero-order chi connectivity index (χ0) is 21.7. The van der Waals surface area contributed by atoms with Gasteiger partial charge in [0, 0.05) is 35.9 Å². The summed E-state index contributed by atoms with van der Waals surface area (Å²) in [7, 11) is 0. The van der Waals surface area contributed by atoms with Crippen LogP contribution in [0.5, 0.6) is 0 Å². The van der Waals surface area contributed by atoms with Crippen LogP contribution >= 0.6 is 0 Å². The third kappa shape index (κ3) is 5.38. The summed E-state index contributed by atoms with van der Waals surface area (Å²) in [6, 6.07) is 10.8.